The fourth-order valence-corrected chi connectivity index (χ4v) is 6.28. The first-order valence-electron chi connectivity index (χ1n) is 12.4. The van der Waals surface area contributed by atoms with Crippen LogP contribution in [0.4, 0.5) is 0 Å². The van der Waals surface area contributed by atoms with E-state index in [1.54, 1.807) is 0 Å². The van der Waals surface area contributed by atoms with Gasteiger partial charge in [-0.05, 0) is 69.2 Å². The van der Waals surface area contributed by atoms with Gasteiger partial charge in [0.05, 0.1) is 5.41 Å². The van der Waals surface area contributed by atoms with Gasteiger partial charge in [0.1, 0.15) is 0 Å². The molecule has 1 heterocycles. The summed E-state index contributed by atoms with van der Waals surface area (Å²) >= 11 is 0. The van der Waals surface area contributed by atoms with Crippen molar-refractivity contribution < 1.29 is 0 Å². The van der Waals surface area contributed by atoms with Gasteiger partial charge in [0, 0.05) is 11.9 Å². The van der Waals surface area contributed by atoms with E-state index in [1.807, 2.05) is 12.3 Å². The maximum Gasteiger partial charge on any atom is 0.0511 e. The Hall–Kier alpha value is -3.19. The van der Waals surface area contributed by atoms with E-state index in [0.717, 1.165) is 18.5 Å². The molecule has 0 fully saturated rings. The van der Waals surface area contributed by atoms with E-state index in [9.17, 15) is 0 Å². The number of fused-ring (bicyclic) bond motifs is 3. The van der Waals surface area contributed by atoms with Crippen LogP contribution in [0.15, 0.2) is 97.2 Å². The first-order chi connectivity index (χ1) is 16.2. The number of aromatic nitrogens is 1. The lowest BCUT2D eigenvalue weighted by atomic mass is 9.57. The molecule has 4 aromatic rings. The van der Waals surface area contributed by atoms with Crippen LogP contribution in [0.3, 0.4) is 0 Å². The van der Waals surface area contributed by atoms with E-state index >= 15 is 0 Å². The first kappa shape index (κ1) is 22.6. The van der Waals surface area contributed by atoms with Crippen molar-refractivity contribution in [3.05, 3.63) is 125 Å². The Kier molecular flexibility index (Phi) is 5.47. The molecular weight excluding hydrogens is 410 g/mol. The monoisotopic (exact) mass is 445 g/mol. The van der Waals surface area contributed by atoms with Crippen LogP contribution >= 0.6 is 0 Å². The summed E-state index contributed by atoms with van der Waals surface area (Å²) in [6.45, 7) is 11.9. The van der Waals surface area contributed by atoms with E-state index < -0.39 is 0 Å². The number of hydrogen-bond acceptors (Lipinski definition) is 1. The minimum atomic E-state index is -0.193. The number of benzene rings is 3. The van der Waals surface area contributed by atoms with Crippen LogP contribution in [0.2, 0.25) is 0 Å². The van der Waals surface area contributed by atoms with E-state index in [1.165, 1.54) is 33.4 Å². The van der Waals surface area contributed by atoms with Crippen LogP contribution < -0.4 is 0 Å². The quantitative estimate of drug-likeness (QED) is 0.301. The normalized spacial score (nSPS) is 17.3. The van der Waals surface area contributed by atoms with Crippen molar-refractivity contribution in [2.24, 2.45) is 10.8 Å². The minimum Gasteiger partial charge on any atom is -0.261 e. The fourth-order valence-electron chi connectivity index (χ4n) is 6.28. The Morgan fingerprint density at radius 1 is 0.647 bits per heavy atom. The molecule has 34 heavy (non-hydrogen) atoms. The summed E-state index contributed by atoms with van der Waals surface area (Å²) in [5.41, 5.74) is 9.47. The molecule has 1 aliphatic rings. The fraction of sp³-hybridized carbons (Fsp3) is 0.303. The number of pyridine rings is 1. The molecule has 0 saturated heterocycles. The van der Waals surface area contributed by atoms with E-state index in [0.29, 0.717) is 0 Å². The average molecular weight is 446 g/mol. The second-order valence-electron chi connectivity index (χ2n) is 11.6. The highest BCUT2D eigenvalue weighted by atomic mass is 14.7. The number of nitrogens with zero attached hydrogens (tertiary/aromatic N) is 1. The van der Waals surface area contributed by atoms with Crippen LogP contribution in [-0.4, -0.2) is 4.98 Å². The van der Waals surface area contributed by atoms with Gasteiger partial charge in [-0.1, -0.05) is 113 Å². The van der Waals surface area contributed by atoms with Gasteiger partial charge in [0.2, 0.25) is 0 Å². The van der Waals surface area contributed by atoms with Gasteiger partial charge in [-0.2, -0.15) is 0 Å². The molecule has 1 atom stereocenters. The summed E-state index contributed by atoms with van der Waals surface area (Å²) in [4.78, 5) is 4.59. The molecule has 0 amide bonds. The molecule has 1 aliphatic carbocycles. The predicted octanol–water partition coefficient (Wildman–Crippen LogP) is 8.25. The smallest absolute Gasteiger partial charge is 0.0511 e. The molecular formula is C33H35N. The summed E-state index contributed by atoms with van der Waals surface area (Å²) in [6.07, 6.45) is 3.88. The zero-order valence-electron chi connectivity index (χ0n) is 21.1. The molecule has 1 heteroatoms. The lowest BCUT2D eigenvalue weighted by Gasteiger charge is -2.45. The first-order valence-corrected chi connectivity index (χ1v) is 12.4. The Morgan fingerprint density at radius 2 is 1.32 bits per heavy atom. The van der Waals surface area contributed by atoms with E-state index in [2.05, 4.69) is 125 Å². The van der Waals surface area contributed by atoms with Crippen molar-refractivity contribution in [3.63, 3.8) is 0 Å². The second-order valence-corrected chi connectivity index (χ2v) is 11.6. The molecule has 0 aliphatic heterocycles. The lowest BCUT2D eigenvalue weighted by Crippen LogP contribution is -2.40. The molecule has 0 bridgehead atoms. The van der Waals surface area contributed by atoms with Crippen molar-refractivity contribution >= 4 is 0 Å². The molecule has 0 saturated carbocycles. The van der Waals surface area contributed by atoms with Gasteiger partial charge in [-0.3, -0.25) is 4.98 Å². The molecule has 3 aromatic carbocycles. The summed E-state index contributed by atoms with van der Waals surface area (Å²) in [5.74, 6) is 0. The zero-order chi connectivity index (χ0) is 24.0. The lowest BCUT2D eigenvalue weighted by molar-refractivity contribution is 0.277. The SMILES string of the molecule is CC(C)(Cc1ccc2c(c1)C(c1ccccc1)(C(C)(C)C)c1ccccc1-2)Cc1ccccn1. The Balaban J connectivity index is 1.65. The zero-order valence-corrected chi connectivity index (χ0v) is 21.1. The van der Waals surface area contributed by atoms with Crippen molar-refractivity contribution in [3.8, 4) is 11.1 Å². The van der Waals surface area contributed by atoms with Crippen LogP contribution in [-0.2, 0) is 18.3 Å². The molecule has 1 aromatic heterocycles. The maximum atomic E-state index is 4.59. The van der Waals surface area contributed by atoms with Gasteiger partial charge in [-0.15, -0.1) is 0 Å². The van der Waals surface area contributed by atoms with Crippen LogP contribution in [0.25, 0.3) is 11.1 Å². The predicted molar refractivity (Wildman–Crippen MR) is 143 cm³/mol. The summed E-state index contributed by atoms with van der Waals surface area (Å²) in [6, 6.07) is 33.6. The second kappa shape index (κ2) is 8.24. The molecule has 5 rings (SSSR count). The van der Waals surface area contributed by atoms with Crippen molar-refractivity contribution in [1.82, 2.24) is 4.98 Å². The third-order valence-corrected chi connectivity index (χ3v) is 7.51. The van der Waals surface area contributed by atoms with Crippen LogP contribution in [0.1, 0.15) is 62.6 Å². The van der Waals surface area contributed by atoms with E-state index in [4.69, 9.17) is 0 Å². The highest BCUT2D eigenvalue weighted by molar-refractivity contribution is 5.84. The van der Waals surface area contributed by atoms with Gasteiger partial charge in [0.25, 0.3) is 0 Å². The average Bonchev–Trinajstić information content (AvgIpc) is 3.10. The maximum absolute atomic E-state index is 4.59. The topological polar surface area (TPSA) is 12.9 Å². The molecule has 172 valence electrons. The van der Waals surface area contributed by atoms with Crippen molar-refractivity contribution in [2.45, 2.75) is 52.9 Å². The molecule has 0 spiro atoms. The summed E-state index contributed by atoms with van der Waals surface area (Å²) in [7, 11) is 0. The number of hydrogen-bond donors (Lipinski definition) is 0. The Labute approximate surface area is 204 Å². The summed E-state index contributed by atoms with van der Waals surface area (Å²) < 4.78 is 0. The van der Waals surface area contributed by atoms with Gasteiger partial charge < -0.3 is 0 Å². The van der Waals surface area contributed by atoms with Crippen LogP contribution in [0, 0.1) is 10.8 Å². The summed E-state index contributed by atoms with van der Waals surface area (Å²) in [5, 5.41) is 0. The van der Waals surface area contributed by atoms with Crippen LogP contribution in [0.5, 0.6) is 0 Å². The molecule has 0 N–H and O–H groups in total. The third-order valence-electron chi connectivity index (χ3n) is 7.51. The molecule has 0 radical (unpaired) electrons. The minimum absolute atomic E-state index is 0.00218. The Morgan fingerprint density at radius 3 is 2.03 bits per heavy atom. The van der Waals surface area contributed by atoms with Crippen molar-refractivity contribution in [1.29, 1.82) is 0 Å². The van der Waals surface area contributed by atoms with Gasteiger partial charge in [0.15, 0.2) is 0 Å². The number of rotatable bonds is 5. The van der Waals surface area contributed by atoms with Gasteiger partial charge >= 0.3 is 0 Å². The highest BCUT2D eigenvalue weighted by Crippen LogP contribution is 2.60. The molecule has 1 unspecified atom stereocenters. The van der Waals surface area contributed by atoms with Crippen molar-refractivity contribution in [2.75, 3.05) is 0 Å². The third kappa shape index (κ3) is 3.68. The largest absolute Gasteiger partial charge is 0.261 e. The molecule has 1 nitrogen and oxygen atoms in total. The standard InChI is InChI=1S/C33H35N/c1-31(2,3)33(25-13-7-6-8-14-25)29-17-10-9-16-27(29)28-19-18-24(21-30(28)33)22-32(4,5)23-26-15-11-12-20-34-26/h6-21H,22-23H2,1-5H3. The Bertz CT molecular complexity index is 1300. The highest BCUT2D eigenvalue weighted by Gasteiger charge is 2.52. The van der Waals surface area contributed by atoms with Gasteiger partial charge in [-0.25, -0.2) is 0 Å². The van der Waals surface area contributed by atoms with E-state index in [-0.39, 0.29) is 16.2 Å².